The lowest BCUT2D eigenvalue weighted by molar-refractivity contribution is 0.118. The Morgan fingerprint density at radius 2 is 2.00 bits per heavy atom. The Morgan fingerprint density at radius 3 is 2.82 bits per heavy atom. The number of fused-ring (bicyclic) bond motifs is 1. The molecular formula is C21H28N6O. The van der Waals surface area contributed by atoms with Crippen LogP contribution in [0.1, 0.15) is 43.6 Å². The van der Waals surface area contributed by atoms with Gasteiger partial charge in [0.25, 0.3) is 0 Å². The second kappa shape index (κ2) is 7.64. The van der Waals surface area contributed by atoms with Crippen molar-refractivity contribution in [3.8, 4) is 11.3 Å². The van der Waals surface area contributed by atoms with E-state index >= 15 is 0 Å². The van der Waals surface area contributed by atoms with Crippen LogP contribution in [0.25, 0.3) is 22.3 Å². The highest BCUT2D eigenvalue weighted by Crippen LogP contribution is 2.36. The van der Waals surface area contributed by atoms with Gasteiger partial charge in [-0.15, -0.1) is 0 Å². The number of pyridine rings is 1. The number of H-pyrrole nitrogens is 1. The Morgan fingerprint density at radius 1 is 1.11 bits per heavy atom. The van der Waals surface area contributed by atoms with Crippen molar-refractivity contribution < 1.29 is 4.74 Å². The molecule has 1 saturated carbocycles. The summed E-state index contributed by atoms with van der Waals surface area (Å²) in [6.45, 7) is 4.08. The highest BCUT2D eigenvalue weighted by Gasteiger charge is 2.27. The molecule has 0 radical (unpaired) electrons. The monoisotopic (exact) mass is 380 g/mol. The van der Waals surface area contributed by atoms with Gasteiger partial charge in [0.15, 0.2) is 5.65 Å². The average molecular weight is 380 g/mol. The Labute approximate surface area is 165 Å². The Hall–Kier alpha value is -2.25. The molecule has 1 aliphatic carbocycles. The molecule has 7 nitrogen and oxygen atoms in total. The molecule has 1 saturated heterocycles. The molecule has 0 unspecified atom stereocenters. The van der Waals surface area contributed by atoms with Gasteiger partial charge in [-0.2, -0.15) is 10.2 Å². The highest BCUT2D eigenvalue weighted by atomic mass is 16.5. The van der Waals surface area contributed by atoms with E-state index in [0.29, 0.717) is 5.92 Å². The third-order valence-electron chi connectivity index (χ3n) is 6.36. The van der Waals surface area contributed by atoms with Crippen LogP contribution >= 0.6 is 0 Å². The Balaban J connectivity index is 1.33. The van der Waals surface area contributed by atoms with Gasteiger partial charge < -0.3 is 4.74 Å². The molecule has 0 bridgehead atoms. The van der Waals surface area contributed by atoms with E-state index < -0.39 is 0 Å². The van der Waals surface area contributed by atoms with Crippen LogP contribution in [0.4, 0.5) is 0 Å². The van der Waals surface area contributed by atoms with Gasteiger partial charge >= 0.3 is 0 Å². The van der Waals surface area contributed by atoms with Gasteiger partial charge in [-0.1, -0.05) is 0 Å². The van der Waals surface area contributed by atoms with Gasteiger partial charge in [0.2, 0.25) is 0 Å². The number of hydrogen-bond donors (Lipinski definition) is 1. The van der Waals surface area contributed by atoms with E-state index in [2.05, 4.69) is 31.2 Å². The first-order chi connectivity index (χ1) is 13.8. The van der Waals surface area contributed by atoms with Crippen LogP contribution in [0.5, 0.6) is 0 Å². The van der Waals surface area contributed by atoms with Crippen molar-refractivity contribution in [2.24, 2.45) is 7.05 Å². The molecule has 5 rings (SSSR count). The van der Waals surface area contributed by atoms with Crippen LogP contribution in [0.3, 0.4) is 0 Å². The van der Waals surface area contributed by atoms with Crippen LogP contribution in [-0.4, -0.2) is 62.2 Å². The van der Waals surface area contributed by atoms with Crippen molar-refractivity contribution in [3.63, 3.8) is 0 Å². The summed E-state index contributed by atoms with van der Waals surface area (Å²) in [7, 11) is 1.93. The number of aromatic amines is 1. The zero-order valence-corrected chi connectivity index (χ0v) is 16.5. The predicted molar refractivity (Wildman–Crippen MR) is 108 cm³/mol. The maximum atomic E-state index is 5.62. The maximum absolute atomic E-state index is 5.62. The van der Waals surface area contributed by atoms with Gasteiger partial charge in [-0.3, -0.25) is 14.7 Å². The zero-order chi connectivity index (χ0) is 18.9. The predicted octanol–water partition coefficient (Wildman–Crippen LogP) is 3.11. The molecule has 148 valence electrons. The quantitative estimate of drug-likeness (QED) is 0.756. The summed E-state index contributed by atoms with van der Waals surface area (Å²) >= 11 is 0. The molecule has 0 amide bonds. The molecule has 4 heterocycles. The van der Waals surface area contributed by atoms with Gasteiger partial charge in [-0.25, -0.2) is 4.98 Å². The third kappa shape index (κ3) is 3.44. The van der Waals surface area contributed by atoms with Gasteiger partial charge in [0.05, 0.1) is 12.8 Å². The molecule has 3 aromatic heterocycles. The fraction of sp³-hybridized carbons (Fsp3) is 0.571. The summed E-state index contributed by atoms with van der Waals surface area (Å²) in [6, 6.07) is 3.01. The zero-order valence-electron chi connectivity index (χ0n) is 16.5. The van der Waals surface area contributed by atoms with Crippen LogP contribution < -0.4 is 0 Å². The molecule has 0 spiro atoms. The molecule has 1 N–H and O–H groups in total. The van der Waals surface area contributed by atoms with Gasteiger partial charge in [0, 0.05) is 56.1 Å². The van der Waals surface area contributed by atoms with Crippen molar-refractivity contribution in [1.29, 1.82) is 0 Å². The van der Waals surface area contributed by atoms with Crippen molar-refractivity contribution in [2.75, 3.05) is 26.3 Å². The first-order valence-electron chi connectivity index (χ1n) is 10.4. The number of hydrogen-bond acceptors (Lipinski definition) is 5. The Kier molecular flexibility index (Phi) is 4.86. The van der Waals surface area contributed by atoms with E-state index in [1.807, 2.05) is 30.3 Å². The summed E-state index contributed by atoms with van der Waals surface area (Å²) in [4.78, 5) is 7.31. The number of ether oxygens (including phenoxy) is 1. The van der Waals surface area contributed by atoms with Crippen LogP contribution in [0.15, 0.2) is 24.7 Å². The SMILES string of the molecule is Cn1cc(-c2n[nH]c3ncc([C@H]4CC[C@@H](N5CCCOCC5)CC4)cc23)cn1. The first kappa shape index (κ1) is 17.8. The number of aryl methyl sites for hydroxylation is 1. The number of nitrogens with zero attached hydrogens (tertiary/aromatic N) is 5. The minimum absolute atomic E-state index is 0.591. The summed E-state index contributed by atoms with van der Waals surface area (Å²) in [6.07, 6.45) is 12.1. The van der Waals surface area contributed by atoms with E-state index in [4.69, 9.17) is 4.74 Å². The summed E-state index contributed by atoms with van der Waals surface area (Å²) in [5, 5.41) is 12.9. The first-order valence-corrected chi connectivity index (χ1v) is 10.4. The van der Waals surface area contributed by atoms with Gasteiger partial charge in [0.1, 0.15) is 5.69 Å². The smallest absolute Gasteiger partial charge is 0.155 e. The second-order valence-electron chi connectivity index (χ2n) is 8.15. The van der Waals surface area contributed by atoms with E-state index in [1.54, 1.807) is 0 Å². The molecule has 2 aliphatic rings. The topological polar surface area (TPSA) is 71.9 Å². The molecular weight excluding hydrogens is 352 g/mol. The minimum atomic E-state index is 0.591. The molecule has 1 aliphatic heterocycles. The van der Waals surface area contributed by atoms with Crippen molar-refractivity contribution >= 4 is 11.0 Å². The third-order valence-corrected chi connectivity index (χ3v) is 6.36. The van der Waals surface area contributed by atoms with Crippen molar-refractivity contribution in [1.82, 2.24) is 29.9 Å². The summed E-state index contributed by atoms with van der Waals surface area (Å²) in [5.74, 6) is 0.591. The highest BCUT2D eigenvalue weighted by molar-refractivity contribution is 5.90. The van der Waals surface area contributed by atoms with E-state index in [1.165, 1.54) is 37.8 Å². The molecule has 7 heteroatoms. The molecule has 0 aromatic carbocycles. The standard InChI is InChI=1S/C21H28N6O/c1-26-14-17(13-23-26)20-19-11-16(12-22-21(19)25-24-20)15-3-5-18(6-4-15)27-7-2-9-28-10-8-27/h11-15,18H,2-10H2,1H3,(H,22,24,25)/t15-,18+. The lowest BCUT2D eigenvalue weighted by Crippen LogP contribution is -2.39. The Bertz CT molecular complexity index is 931. The fourth-order valence-corrected chi connectivity index (χ4v) is 4.81. The van der Waals surface area contributed by atoms with Crippen LogP contribution in [0.2, 0.25) is 0 Å². The normalized spacial score (nSPS) is 24.5. The van der Waals surface area contributed by atoms with Gasteiger partial charge in [-0.05, 0) is 49.7 Å². The fourth-order valence-electron chi connectivity index (χ4n) is 4.81. The minimum Gasteiger partial charge on any atom is -0.380 e. The number of nitrogens with one attached hydrogen (secondary N) is 1. The number of aromatic nitrogens is 5. The van der Waals surface area contributed by atoms with E-state index in [0.717, 1.165) is 54.5 Å². The maximum Gasteiger partial charge on any atom is 0.155 e. The molecule has 0 atom stereocenters. The van der Waals surface area contributed by atoms with Crippen molar-refractivity contribution in [2.45, 2.75) is 44.1 Å². The van der Waals surface area contributed by atoms with Crippen LogP contribution in [-0.2, 0) is 11.8 Å². The van der Waals surface area contributed by atoms with E-state index in [-0.39, 0.29) is 0 Å². The second-order valence-corrected chi connectivity index (χ2v) is 8.15. The summed E-state index contributed by atoms with van der Waals surface area (Å²) < 4.78 is 7.43. The van der Waals surface area contributed by atoms with Crippen LogP contribution in [0, 0.1) is 0 Å². The number of rotatable bonds is 3. The van der Waals surface area contributed by atoms with E-state index in [9.17, 15) is 0 Å². The molecule has 3 aromatic rings. The average Bonchev–Trinajstić information content (AvgIpc) is 3.24. The lowest BCUT2D eigenvalue weighted by atomic mass is 9.81. The lowest BCUT2D eigenvalue weighted by Gasteiger charge is -2.36. The molecule has 2 fully saturated rings. The largest absolute Gasteiger partial charge is 0.380 e. The van der Waals surface area contributed by atoms with Crippen molar-refractivity contribution in [3.05, 3.63) is 30.2 Å². The molecule has 28 heavy (non-hydrogen) atoms. The summed E-state index contributed by atoms with van der Waals surface area (Å²) in [5.41, 5.74) is 4.16.